The number of hydrogen-bond acceptors (Lipinski definition) is 5. The first-order valence-corrected chi connectivity index (χ1v) is 6.85. The number of carbonyl (C=O) groups is 1. The van der Waals surface area contributed by atoms with Crippen LogP contribution < -0.4 is 10.1 Å². The molecule has 2 aromatic rings. The van der Waals surface area contributed by atoms with Gasteiger partial charge >= 0.3 is 5.97 Å². The normalized spacial score (nSPS) is 12.4. The first kappa shape index (κ1) is 13.6. The van der Waals surface area contributed by atoms with Crippen LogP contribution in [0, 0.1) is 0 Å². The summed E-state index contributed by atoms with van der Waals surface area (Å²) in [6.07, 6.45) is 0.993. The monoisotopic (exact) mass is 280 g/mol. The Morgan fingerprint density at radius 3 is 2.89 bits per heavy atom. The van der Waals surface area contributed by atoms with Crippen LogP contribution in [-0.2, 0) is 0 Å². The Kier molecular flexibility index (Phi) is 3.90. The lowest BCUT2D eigenvalue weighted by Gasteiger charge is -2.08. The molecule has 6 heteroatoms. The zero-order valence-corrected chi connectivity index (χ0v) is 11.9. The second-order valence-corrected chi connectivity index (χ2v) is 5.33. The largest absolute Gasteiger partial charge is 0.494 e. The molecule has 0 aliphatic heterocycles. The number of anilines is 1. The van der Waals surface area contributed by atoms with Gasteiger partial charge in [-0.1, -0.05) is 18.3 Å². The first-order valence-electron chi connectivity index (χ1n) is 6.03. The summed E-state index contributed by atoms with van der Waals surface area (Å²) >= 11 is 1.44. The Morgan fingerprint density at radius 2 is 2.32 bits per heavy atom. The maximum atomic E-state index is 11.1. The third-order valence-corrected chi connectivity index (χ3v) is 3.84. The van der Waals surface area contributed by atoms with Crippen molar-refractivity contribution in [3.05, 3.63) is 17.7 Å². The molecule has 1 atom stereocenters. The molecule has 0 fully saturated rings. The van der Waals surface area contributed by atoms with Gasteiger partial charge in [-0.25, -0.2) is 9.78 Å². The number of carboxylic acid groups (broad SMARTS) is 1. The molecule has 19 heavy (non-hydrogen) atoms. The lowest BCUT2D eigenvalue weighted by Crippen LogP contribution is -2.12. The van der Waals surface area contributed by atoms with E-state index in [0.29, 0.717) is 17.3 Å². The number of hydrogen-bond donors (Lipinski definition) is 2. The lowest BCUT2D eigenvalue weighted by molar-refractivity contribution is 0.0696. The Balaban J connectivity index is 2.48. The molecule has 0 saturated carbocycles. The molecule has 0 saturated heterocycles. The van der Waals surface area contributed by atoms with Gasteiger partial charge in [0.15, 0.2) is 5.13 Å². The van der Waals surface area contributed by atoms with E-state index >= 15 is 0 Å². The molecule has 5 nitrogen and oxygen atoms in total. The number of aromatic carboxylic acids is 1. The second-order valence-electron chi connectivity index (χ2n) is 4.30. The number of fused-ring (bicyclic) bond motifs is 1. The van der Waals surface area contributed by atoms with Gasteiger partial charge < -0.3 is 15.2 Å². The average molecular weight is 280 g/mol. The summed E-state index contributed by atoms with van der Waals surface area (Å²) in [6.45, 7) is 4.17. The summed E-state index contributed by atoms with van der Waals surface area (Å²) in [5.41, 5.74) is 0.909. The summed E-state index contributed by atoms with van der Waals surface area (Å²) in [6, 6.07) is 3.45. The van der Waals surface area contributed by atoms with E-state index in [4.69, 9.17) is 9.84 Å². The van der Waals surface area contributed by atoms with Crippen LogP contribution >= 0.6 is 11.3 Å². The summed E-state index contributed by atoms with van der Waals surface area (Å²) in [5.74, 6) is -0.478. The third-order valence-electron chi connectivity index (χ3n) is 2.91. The van der Waals surface area contributed by atoms with E-state index in [1.807, 2.05) is 0 Å². The van der Waals surface area contributed by atoms with Crippen molar-refractivity contribution in [2.24, 2.45) is 0 Å². The maximum Gasteiger partial charge on any atom is 0.335 e. The molecule has 0 spiro atoms. The Morgan fingerprint density at radius 1 is 1.58 bits per heavy atom. The number of rotatable bonds is 5. The number of aromatic nitrogens is 1. The van der Waals surface area contributed by atoms with Crippen molar-refractivity contribution in [1.29, 1.82) is 0 Å². The minimum atomic E-state index is -0.968. The highest BCUT2D eigenvalue weighted by Gasteiger charge is 2.14. The van der Waals surface area contributed by atoms with Crippen LogP contribution in [0.2, 0.25) is 0 Å². The second kappa shape index (κ2) is 5.44. The van der Waals surface area contributed by atoms with Crippen molar-refractivity contribution in [3.63, 3.8) is 0 Å². The van der Waals surface area contributed by atoms with E-state index in [2.05, 4.69) is 24.1 Å². The van der Waals surface area contributed by atoms with Crippen LogP contribution in [-0.4, -0.2) is 29.2 Å². The van der Waals surface area contributed by atoms with Crippen molar-refractivity contribution in [1.82, 2.24) is 4.98 Å². The molecular formula is C13H16N2O3S. The van der Waals surface area contributed by atoms with E-state index in [9.17, 15) is 4.79 Å². The average Bonchev–Trinajstić information content (AvgIpc) is 2.79. The number of benzene rings is 1. The molecule has 0 unspecified atom stereocenters. The molecule has 0 aliphatic carbocycles. The van der Waals surface area contributed by atoms with Crippen LogP contribution in [0.15, 0.2) is 12.1 Å². The number of methoxy groups -OCH3 is 1. The van der Waals surface area contributed by atoms with Gasteiger partial charge in [0.25, 0.3) is 0 Å². The van der Waals surface area contributed by atoms with E-state index in [1.54, 1.807) is 6.07 Å². The molecule has 0 amide bonds. The summed E-state index contributed by atoms with van der Waals surface area (Å²) in [4.78, 5) is 15.5. The topological polar surface area (TPSA) is 71.5 Å². The fourth-order valence-corrected chi connectivity index (χ4v) is 2.69. The zero-order chi connectivity index (χ0) is 14.0. The van der Waals surface area contributed by atoms with Crippen molar-refractivity contribution < 1.29 is 14.6 Å². The maximum absolute atomic E-state index is 11.1. The molecule has 102 valence electrons. The molecule has 2 rings (SSSR count). The Hall–Kier alpha value is -1.82. The van der Waals surface area contributed by atoms with E-state index in [0.717, 1.165) is 16.3 Å². The van der Waals surface area contributed by atoms with Crippen LogP contribution in [0.5, 0.6) is 5.75 Å². The highest BCUT2D eigenvalue weighted by Crippen LogP contribution is 2.34. The Labute approximate surface area is 115 Å². The molecule has 0 radical (unpaired) electrons. The van der Waals surface area contributed by atoms with Crippen molar-refractivity contribution in [3.8, 4) is 5.75 Å². The fourth-order valence-electron chi connectivity index (χ4n) is 1.65. The van der Waals surface area contributed by atoms with Gasteiger partial charge in [-0.2, -0.15) is 0 Å². The quantitative estimate of drug-likeness (QED) is 0.880. The van der Waals surface area contributed by atoms with Crippen molar-refractivity contribution in [2.75, 3.05) is 12.4 Å². The highest BCUT2D eigenvalue weighted by atomic mass is 32.1. The molecule has 0 aliphatic rings. The van der Waals surface area contributed by atoms with Gasteiger partial charge in [-0.3, -0.25) is 0 Å². The van der Waals surface area contributed by atoms with Crippen molar-refractivity contribution >= 4 is 32.7 Å². The van der Waals surface area contributed by atoms with Gasteiger partial charge in [-0.15, -0.1) is 0 Å². The van der Waals surface area contributed by atoms with Gasteiger partial charge in [0, 0.05) is 6.04 Å². The van der Waals surface area contributed by atoms with Gasteiger partial charge in [0.2, 0.25) is 0 Å². The number of carboxylic acids is 1. The number of nitrogens with one attached hydrogen (secondary N) is 1. The van der Waals surface area contributed by atoms with Crippen LogP contribution in [0.4, 0.5) is 5.13 Å². The minimum absolute atomic E-state index is 0.211. The van der Waals surface area contributed by atoms with Crippen LogP contribution in [0.25, 0.3) is 10.2 Å². The van der Waals surface area contributed by atoms with E-state index < -0.39 is 5.97 Å². The number of ether oxygens (including phenoxy) is 1. The predicted octanol–water partition coefficient (Wildman–Crippen LogP) is 3.21. The van der Waals surface area contributed by atoms with Crippen LogP contribution in [0.1, 0.15) is 30.6 Å². The smallest absolute Gasteiger partial charge is 0.335 e. The number of nitrogens with zero attached hydrogens (tertiary/aromatic N) is 1. The molecule has 1 aromatic carbocycles. The van der Waals surface area contributed by atoms with E-state index in [1.165, 1.54) is 24.5 Å². The van der Waals surface area contributed by atoms with Crippen molar-refractivity contribution in [2.45, 2.75) is 26.3 Å². The molecular weight excluding hydrogens is 264 g/mol. The molecule has 2 N–H and O–H groups in total. The summed E-state index contributed by atoms with van der Waals surface area (Å²) in [7, 11) is 1.52. The molecule has 1 heterocycles. The van der Waals surface area contributed by atoms with Gasteiger partial charge in [0.1, 0.15) is 11.3 Å². The Bertz CT molecular complexity index is 609. The third kappa shape index (κ3) is 2.78. The molecule has 1 aromatic heterocycles. The summed E-state index contributed by atoms with van der Waals surface area (Å²) < 4.78 is 6.02. The fraction of sp³-hybridized carbons (Fsp3) is 0.385. The highest BCUT2D eigenvalue weighted by molar-refractivity contribution is 7.22. The predicted molar refractivity (Wildman–Crippen MR) is 76.5 cm³/mol. The summed E-state index contributed by atoms with van der Waals surface area (Å²) in [5, 5.41) is 13.1. The number of thiazole rings is 1. The lowest BCUT2D eigenvalue weighted by atomic mass is 10.2. The first-order chi connectivity index (χ1) is 9.05. The van der Waals surface area contributed by atoms with E-state index in [-0.39, 0.29) is 5.56 Å². The van der Waals surface area contributed by atoms with Gasteiger partial charge in [-0.05, 0) is 25.5 Å². The zero-order valence-electron chi connectivity index (χ0n) is 11.1. The van der Waals surface area contributed by atoms with Gasteiger partial charge in [0.05, 0.1) is 17.4 Å². The molecule has 0 bridgehead atoms. The standard InChI is InChI=1S/C13H16N2O3S/c1-4-7(2)14-13-15-11-9(18-3)5-8(12(16)17)6-10(11)19-13/h5-7H,4H2,1-3H3,(H,14,15)(H,16,17)/t7-/m1/s1. The van der Waals surface area contributed by atoms with Crippen LogP contribution in [0.3, 0.4) is 0 Å². The minimum Gasteiger partial charge on any atom is -0.494 e. The SMILES string of the molecule is CC[C@@H](C)Nc1nc2c(OC)cc(C(=O)O)cc2s1.